The van der Waals surface area contributed by atoms with Crippen LogP contribution in [0.5, 0.6) is 11.5 Å². The van der Waals surface area contributed by atoms with Crippen LogP contribution in [0.4, 0.5) is 17.2 Å². The number of nitrogen functional groups attached to an aromatic ring is 1. The largest absolute Gasteiger partial charge is 0.457 e. The molecule has 2 aliphatic rings. The molecule has 1 fully saturated rings. The number of para-hydroxylation sites is 1. The maximum atomic E-state index is 13.9. The minimum atomic E-state index is -0.000979. The number of hydrogen-bond acceptors (Lipinski definition) is 7. The van der Waals surface area contributed by atoms with Gasteiger partial charge >= 0.3 is 0 Å². The third-order valence-corrected chi connectivity index (χ3v) is 8.56. The molecule has 43 heavy (non-hydrogen) atoms. The number of anilines is 3. The second kappa shape index (κ2) is 13.8. The average Bonchev–Trinajstić information content (AvgIpc) is 3.15. The molecule has 2 amide bonds. The van der Waals surface area contributed by atoms with Crippen LogP contribution in [0.2, 0.25) is 0 Å². The van der Waals surface area contributed by atoms with Crippen molar-refractivity contribution >= 4 is 29.0 Å². The van der Waals surface area contributed by atoms with E-state index in [1.165, 1.54) is 6.33 Å². The van der Waals surface area contributed by atoms with Crippen LogP contribution in [0.25, 0.3) is 0 Å². The Morgan fingerprint density at radius 2 is 1.65 bits per heavy atom. The lowest BCUT2D eigenvalue weighted by Crippen LogP contribution is -2.34. The van der Waals surface area contributed by atoms with Gasteiger partial charge in [0.1, 0.15) is 23.5 Å². The van der Waals surface area contributed by atoms with E-state index < -0.39 is 0 Å². The number of amides is 2. The molecule has 1 aliphatic heterocycles. The predicted octanol–water partition coefficient (Wildman–Crippen LogP) is 5.46. The van der Waals surface area contributed by atoms with Crippen LogP contribution in [0.3, 0.4) is 0 Å². The number of ether oxygens (including phenoxy) is 1. The van der Waals surface area contributed by atoms with Gasteiger partial charge in [-0.25, -0.2) is 9.97 Å². The van der Waals surface area contributed by atoms with Crippen molar-refractivity contribution in [1.29, 1.82) is 0 Å². The maximum Gasteiger partial charge on any atom is 0.246 e. The number of carbonyl (C=O) groups is 2. The van der Waals surface area contributed by atoms with Crippen molar-refractivity contribution in [3.63, 3.8) is 0 Å². The first-order valence-corrected chi connectivity index (χ1v) is 15.1. The first-order chi connectivity index (χ1) is 20.8. The third-order valence-electron chi connectivity index (χ3n) is 8.56. The van der Waals surface area contributed by atoms with Gasteiger partial charge in [0.05, 0.1) is 5.69 Å². The van der Waals surface area contributed by atoms with E-state index in [0.717, 1.165) is 50.2 Å². The highest BCUT2D eigenvalue weighted by atomic mass is 16.5. The molecule has 0 radical (unpaired) electrons. The molecule has 1 saturated carbocycles. The number of likely N-dealkylation sites (N-methyl/N-ethyl adjacent to an activating group) is 2. The topological polar surface area (TPSA) is 105 Å². The van der Waals surface area contributed by atoms with Gasteiger partial charge in [-0.05, 0) is 100 Å². The molecular weight excluding hydrogens is 540 g/mol. The zero-order valence-electron chi connectivity index (χ0n) is 25.4. The van der Waals surface area contributed by atoms with Gasteiger partial charge < -0.3 is 20.3 Å². The van der Waals surface area contributed by atoms with Gasteiger partial charge in [-0.2, -0.15) is 0 Å². The van der Waals surface area contributed by atoms with Gasteiger partial charge in [-0.1, -0.05) is 24.3 Å². The highest BCUT2D eigenvalue weighted by molar-refractivity contribution is 6.04. The second-order valence-corrected chi connectivity index (χ2v) is 12.0. The zero-order chi connectivity index (χ0) is 30.3. The van der Waals surface area contributed by atoms with Gasteiger partial charge in [-0.15, -0.1) is 0 Å². The Balaban J connectivity index is 1.25. The lowest BCUT2D eigenvalue weighted by Gasteiger charge is -2.34. The van der Waals surface area contributed by atoms with Gasteiger partial charge in [0.2, 0.25) is 11.8 Å². The molecule has 1 aliphatic carbocycles. The Hall–Kier alpha value is -4.24. The van der Waals surface area contributed by atoms with Crippen molar-refractivity contribution in [2.24, 2.45) is 17.8 Å². The molecule has 9 nitrogen and oxygen atoms in total. The molecular formula is C34H42N6O3. The van der Waals surface area contributed by atoms with Crippen molar-refractivity contribution < 1.29 is 14.3 Å². The second-order valence-electron chi connectivity index (χ2n) is 12.0. The summed E-state index contributed by atoms with van der Waals surface area (Å²) in [4.78, 5) is 40.8. The van der Waals surface area contributed by atoms with E-state index in [1.54, 1.807) is 11.0 Å². The van der Waals surface area contributed by atoms with E-state index in [1.807, 2.05) is 91.6 Å². The summed E-state index contributed by atoms with van der Waals surface area (Å²) in [5.41, 5.74) is 8.49. The Morgan fingerprint density at radius 3 is 2.35 bits per heavy atom. The summed E-state index contributed by atoms with van der Waals surface area (Å²) in [5, 5.41) is 0. The Morgan fingerprint density at radius 1 is 0.953 bits per heavy atom. The summed E-state index contributed by atoms with van der Waals surface area (Å²) >= 11 is 0. The van der Waals surface area contributed by atoms with E-state index in [2.05, 4.69) is 9.97 Å². The Kier molecular flexibility index (Phi) is 9.72. The quantitative estimate of drug-likeness (QED) is 0.334. The summed E-state index contributed by atoms with van der Waals surface area (Å²) in [6.45, 7) is 1.50. The van der Waals surface area contributed by atoms with Crippen LogP contribution in [0.1, 0.15) is 37.8 Å². The van der Waals surface area contributed by atoms with Crippen LogP contribution in [0, 0.1) is 17.8 Å². The summed E-state index contributed by atoms with van der Waals surface area (Å²) in [7, 11) is 5.85. The molecule has 1 unspecified atom stereocenters. The monoisotopic (exact) mass is 582 g/mol. The summed E-state index contributed by atoms with van der Waals surface area (Å²) < 4.78 is 5.95. The Labute approximate surface area is 254 Å². The van der Waals surface area contributed by atoms with Gasteiger partial charge in [0.25, 0.3) is 0 Å². The fourth-order valence-electron chi connectivity index (χ4n) is 6.29. The maximum absolute atomic E-state index is 13.9. The molecule has 0 spiro atoms. The summed E-state index contributed by atoms with van der Waals surface area (Å²) in [5.74, 6) is 2.82. The minimum absolute atomic E-state index is 0.000979. The van der Waals surface area contributed by atoms with Crippen molar-refractivity contribution in [3.8, 4) is 11.5 Å². The fraction of sp³-hybridized carbons (Fsp3) is 0.412. The van der Waals surface area contributed by atoms with E-state index in [-0.39, 0.29) is 17.7 Å². The number of aromatic nitrogens is 2. The van der Waals surface area contributed by atoms with E-state index in [0.29, 0.717) is 47.6 Å². The first-order valence-electron chi connectivity index (χ1n) is 15.1. The van der Waals surface area contributed by atoms with Crippen LogP contribution in [0.15, 0.2) is 73.1 Å². The van der Waals surface area contributed by atoms with E-state index in [9.17, 15) is 9.59 Å². The number of fused-ring (bicyclic) bond motifs is 1. The molecule has 2 heterocycles. The number of nitrogens with zero attached hydrogens (tertiary/aromatic N) is 5. The number of nitrogens with two attached hydrogens (primary N) is 1. The summed E-state index contributed by atoms with van der Waals surface area (Å²) in [6, 6.07) is 17.1. The number of rotatable bonds is 9. The van der Waals surface area contributed by atoms with Crippen LogP contribution in [-0.4, -0.2) is 65.8 Å². The number of hydrogen-bond donors (Lipinski definition) is 1. The van der Waals surface area contributed by atoms with Crippen LogP contribution < -0.4 is 15.4 Å². The van der Waals surface area contributed by atoms with Gasteiger partial charge in [-0.3, -0.25) is 14.5 Å². The van der Waals surface area contributed by atoms with Gasteiger partial charge in [0.15, 0.2) is 5.82 Å². The number of carbonyl (C=O) groups excluding carboxylic acids is 2. The van der Waals surface area contributed by atoms with Crippen molar-refractivity contribution in [1.82, 2.24) is 19.8 Å². The fourth-order valence-corrected chi connectivity index (χ4v) is 6.29. The van der Waals surface area contributed by atoms with Crippen molar-refractivity contribution in [2.75, 3.05) is 44.9 Å². The van der Waals surface area contributed by atoms with Crippen LogP contribution in [-0.2, 0) is 16.0 Å². The van der Waals surface area contributed by atoms with Crippen LogP contribution >= 0.6 is 0 Å². The molecule has 1 aromatic heterocycles. The molecule has 2 aromatic carbocycles. The SMILES string of the molecule is CN(C)C/C=C/C(=O)N(C)CC1CCC(C2CC(=O)N(c3ccc(Oc4ccccc4)cc3)c3c(N)ncnc3C2)CC1. The molecule has 0 saturated heterocycles. The molecule has 3 aromatic rings. The molecule has 9 heteroatoms. The standard InChI is InChI=1S/C34H42N6O3/c1-38(2)19-7-10-31(41)39(3)22-24-11-13-25(14-12-24)26-20-30-33(34(35)37-23-36-30)40(32(42)21-26)27-15-17-29(18-16-27)43-28-8-5-4-6-9-28/h4-10,15-18,23-26H,11-14,19-22H2,1-3H3,(H2,35,36,37)/b10-7+. The van der Waals surface area contributed by atoms with Gasteiger partial charge in [0, 0.05) is 38.3 Å². The van der Waals surface area contributed by atoms with Crippen molar-refractivity contribution in [3.05, 3.63) is 78.8 Å². The zero-order valence-corrected chi connectivity index (χ0v) is 25.4. The van der Waals surface area contributed by atoms with Crippen molar-refractivity contribution in [2.45, 2.75) is 38.5 Å². The first kappa shape index (κ1) is 30.2. The lowest BCUT2D eigenvalue weighted by molar-refractivity contribution is -0.125. The normalized spacial score (nSPS) is 20.6. The summed E-state index contributed by atoms with van der Waals surface area (Å²) in [6.07, 6.45) is 10.3. The average molecular weight is 583 g/mol. The molecule has 0 bridgehead atoms. The lowest BCUT2D eigenvalue weighted by atomic mass is 9.73. The number of benzene rings is 2. The third kappa shape index (κ3) is 7.59. The molecule has 1 atom stereocenters. The molecule has 226 valence electrons. The van der Waals surface area contributed by atoms with E-state index >= 15 is 0 Å². The Bertz CT molecular complexity index is 1420. The molecule has 2 N–H and O–H groups in total. The molecule has 5 rings (SSSR count). The highest BCUT2D eigenvalue weighted by Gasteiger charge is 2.37. The minimum Gasteiger partial charge on any atom is -0.457 e. The highest BCUT2D eigenvalue weighted by Crippen LogP contribution is 2.43. The van der Waals surface area contributed by atoms with E-state index in [4.69, 9.17) is 10.5 Å². The smallest absolute Gasteiger partial charge is 0.246 e. The predicted molar refractivity (Wildman–Crippen MR) is 169 cm³/mol.